The number of alkyl halides is 6. The van der Waals surface area contributed by atoms with E-state index in [1.807, 2.05) is 0 Å². The van der Waals surface area contributed by atoms with Crippen molar-refractivity contribution in [2.75, 3.05) is 26.9 Å². The zero-order valence-electron chi connectivity index (χ0n) is 23.4. The van der Waals surface area contributed by atoms with Gasteiger partial charge in [0.05, 0.1) is 18.8 Å². The quantitative estimate of drug-likeness (QED) is 0.178. The largest absolute Gasteiger partial charge is 0.450 e. The molecular weight excluding hydrogens is 785 g/mol. The lowest BCUT2D eigenvalue weighted by atomic mass is 9.98. The molecule has 0 aliphatic carbocycles. The first-order chi connectivity index (χ1) is 21.4. The average Bonchev–Trinajstić information content (AvgIpc) is 2.98. The second kappa shape index (κ2) is 17.3. The fourth-order valence-electron chi connectivity index (χ4n) is 3.80. The molecule has 5 atom stereocenters. The van der Waals surface area contributed by atoms with Gasteiger partial charge in [-0.25, -0.2) is 21.5 Å². The Morgan fingerprint density at radius 3 is 1.85 bits per heavy atom. The summed E-state index contributed by atoms with van der Waals surface area (Å²) in [5.41, 5.74) is 0.678. The minimum absolute atomic E-state index is 0.0795. The maximum absolute atomic E-state index is 13.1. The molecule has 0 bridgehead atoms. The van der Waals surface area contributed by atoms with Crippen LogP contribution in [0.2, 0.25) is 0 Å². The summed E-state index contributed by atoms with van der Waals surface area (Å²) in [6, 6.07) is 16.2. The van der Waals surface area contributed by atoms with Gasteiger partial charge in [-0.1, -0.05) is 118 Å². The molecule has 3 rings (SSSR count). The molecule has 46 heavy (non-hydrogen) atoms. The van der Waals surface area contributed by atoms with Gasteiger partial charge in [0.25, 0.3) is 0 Å². The van der Waals surface area contributed by atoms with Gasteiger partial charge in [-0.15, -0.1) is 0 Å². The Morgan fingerprint density at radius 2 is 1.30 bits per heavy atom. The Morgan fingerprint density at radius 1 is 0.761 bits per heavy atom. The standard InChI is InChI=1S/C25H26Cl6O13S2/c1-37-23-21(43-22(32)17-10-6-3-7-11-17)20(44-46(35,36)41-15-25(29,30)31)19(38-12-16-8-4-2-5-9-16)18(42-23)13-39-45(33,34)40-14-24(26,27)28/h2-11,18-21,23H,12-15H2,1H3/t18-,19-,20+,21-,23+/m1/s1. The van der Waals surface area contributed by atoms with Gasteiger partial charge < -0.3 is 18.9 Å². The molecule has 0 spiro atoms. The zero-order valence-corrected chi connectivity index (χ0v) is 29.5. The topological polar surface area (TPSA) is 159 Å². The van der Waals surface area contributed by atoms with Crippen LogP contribution in [-0.2, 0) is 63.1 Å². The predicted molar refractivity (Wildman–Crippen MR) is 167 cm³/mol. The molecule has 0 aromatic heterocycles. The maximum atomic E-state index is 13.1. The Bertz CT molecular complexity index is 1470. The lowest BCUT2D eigenvalue weighted by molar-refractivity contribution is -0.296. The summed E-state index contributed by atoms with van der Waals surface area (Å²) in [4.78, 5) is 13.1. The molecule has 1 aliphatic rings. The Hall–Kier alpha value is -0.730. The van der Waals surface area contributed by atoms with Gasteiger partial charge in [0, 0.05) is 7.11 Å². The fourth-order valence-corrected chi connectivity index (χ4v) is 6.07. The zero-order chi connectivity index (χ0) is 34.2. The normalized spacial score (nSPS) is 22.8. The fraction of sp³-hybridized carbons (Fsp3) is 0.480. The van der Waals surface area contributed by atoms with Gasteiger partial charge in [-0.2, -0.15) is 16.8 Å². The highest BCUT2D eigenvalue weighted by atomic mass is 35.6. The summed E-state index contributed by atoms with van der Waals surface area (Å²) in [6.07, 6.45) is -8.18. The van der Waals surface area contributed by atoms with E-state index in [1.54, 1.807) is 48.5 Å². The van der Waals surface area contributed by atoms with Crippen molar-refractivity contribution in [3.05, 3.63) is 71.8 Å². The third kappa shape index (κ3) is 13.6. The highest BCUT2D eigenvalue weighted by molar-refractivity contribution is 7.82. The van der Waals surface area contributed by atoms with Gasteiger partial charge in [0.2, 0.25) is 7.59 Å². The summed E-state index contributed by atoms with van der Waals surface area (Å²) in [5.74, 6) is -0.927. The van der Waals surface area contributed by atoms with E-state index >= 15 is 0 Å². The molecule has 0 N–H and O–H groups in total. The number of halogens is 6. The lowest BCUT2D eigenvalue weighted by Crippen LogP contribution is -2.62. The van der Waals surface area contributed by atoms with Crippen molar-refractivity contribution in [1.29, 1.82) is 0 Å². The summed E-state index contributed by atoms with van der Waals surface area (Å²) < 4.78 is 88.9. The van der Waals surface area contributed by atoms with Crippen molar-refractivity contribution in [2.24, 2.45) is 0 Å². The number of ether oxygens (including phenoxy) is 4. The molecule has 0 amide bonds. The van der Waals surface area contributed by atoms with Crippen LogP contribution in [0.4, 0.5) is 0 Å². The molecule has 258 valence electrons. The number of hydrogen-bond donors (Lipinski definition) is 0. The number of hydrogen-bond acceptors (Lipinski definition) is 13. The average molecular weight is 811 g/mol. The Kier molecular flexibility index (Phi) is 14.9. The first-order valence-corrected chi connectivity index (χ1v) is 17.7. The van der Waals surface area contributed by atoms with Crippen molar-refractivity contribution >= 4 is 96.4 Å². The van der Waals surface area contributed by atoms with Crippen LogP contribution < -0.4 is 0 Å². The van der Waals surface area contributed by atoms with Crippen LogP contribution in [0.25, 0.3) is 0 Å². The van der Waals surface area contributed by atoms with Crippen LogP contribution in [-0.4, -0.2) is 88.0 Å². The summed E-state index contributed by atoms with van der Waals surface area (Å²) in [7, 11) is -8.73. The molecule has 1 heterocycles. The van der Waals surface area contributed by atoms with Crippen LogP contribution in [0.5, 0.6) is 0 Å². The third-order valence-corrected chi connectivity index (χ3v) is 8.05. The van der Waals surface area contributed by atoms with Crippen LogP contribution in [0, 0.1) is 0 Å². The number of rotatable bonds is 15. The van der Waals surface area contributed by atoms with Gasteiger partial charge in [-0.05, 0) is 17.7 Å². The molecule has 21 heteroatoms. The second-order valence-corrected chi connectivity index (χ2v) is 16.8. The van der Waals surface area contributed by atoms with Crippen LogP contribution in [0.1, 0.15) is 15.9 Å². The van der Waals surface area contributed by atoms with Crippen molar-refractivity contribution < 1.29 is 57.3 Å². The number of carbonyl (C=O) groups excluding carboxylic acids is 1. The maximum Gasteiger partial charge on any atom is 0.400 e. The van der Waals surface area contributed by atoms with E-state index in [0.29, 0.717) is 5.56 Å². The number of esters is 1. The molecule has 1 saturated heterocycles. The van der Waals surface area contributed by atoms with E-state index in [4.69, 9.17) is 101 Å². The number of benzene rings is 2. The lowest BCUT2D eigenvalue weighted by Gasteiger charge is -2.44. The Balaban J connectivity index is 2.00. The second-order valence-electron chi connectivity index (χ2n) is 9.19. The number of carbonyl (C=O) groups is 1. The summed E-state index contributed by atoms with van der Waals surface area (Å²) in [5, 5.41) is 0. The molecular formula is C25H26Cl6O13S2. The van der Waals surface area contributed by atoms with E-state index in [2.05, 4.69) is 4.18 Å². The molecule has 0 unspecified atom stereocenters. The summed E-state index contributed by atoms with van der Waals surface area (Å²) in [6.45, 7) is -2.95. The van der Waals surface area contributed by atoms with Crippen LogP contribution >= 0.6 is 69.6 Å². The monoisotopic (exact) mass is 808 g/mol. The first kappa shape index (κ1) is 39.7. The van der Waals surface area contributed by atoms with Crippen LogP contribution in [0.3, 0.4) is 0 Å². The molecule has 0 radical (unpaired) electrons. The predicted octanol–water partition coefficient (Wildman–Crippen LogP) is 4.83. The highest BCUT2D eigenvalue weighted by Gasteiger charge is 2.53. The summed E-state index contributed by atoms with van der Waals surface area (Å²) >= 11 is 33.6. The van der Waals surface area contributed by atoms with Gasteiger partial charge in [0.15, 0.2) is 18.5 Å². The Labute approximate surface area is 295 Å². The molecule has 13 nitrogen and oxygen atoms in total. The molecule has 2 aromatic carbocycles. The first-order valence-electron chi connectivity index (χ1n) is 12.7. The van der Waals surface area contributed by atoms with Crippen molar-refractivity contribution in [3.8, 4) is 0 Å². The van der Waals surface area contributed by atoms with Crippen molar-refractivity contribution in [3.63, 3.8) is 0 Å². The molecule has 0 saturated carbocycles. The highest BCUT2D eigenvalue weighted by Crippen LogP contribution is 2.33. The van der Waals surface area contributed by atoms with Crippen LogP contribution in [0.15, 0.2) is 60.7 Å². The van der Waals surface area contributed by atoms with Crippen molar-refractivity contribution in [2.45, 2.75) is 44.9 Å². The van der Waals surface area contributed by atoms with Gasteiger partial charge >= 0.3 is 26.8 Å². The van der Waals surface area contributed by atoms with E-state index < -0.39 is 84.9 Å². The third-order valence-electron chi connectivity index (χ3n) is 5.70. The van der Waals surface area contributed by atoms with E-state index in [-0.39, 0.29) is 12.2 Å². The van der Waals surface area contributed by atoms with Gasteiger partial charge in [0.1, 0.15) is 25.4 Å². The number of methoxy groups -OCH3 is 1. The molecule has 1 fully saturated rings. The minimum Gasteiger partial charge on any atom is -0.450 e. The SMILES string of the molecule is CO[C@H]1O[C@H](COS(=O)(=O)OCC(Cl)(Cl)Cl)[C@@H](OCc2ccccc2)[C@H](OS(=O)(=O)OCC(Cl)(Cl)Cl)[C@H]1OC(=O)c1ccccc1. The smallest absolute Gasteiger partial charge is 0.400 e. The minimum atomic E-state index is -5.05. The van der Waals surface area contributed by atoms with Crippen molar-refractivity contribution in [1.82, 2.24) is 0 Å². The molecule has 1 aliphatic heterocycles. The molecule has 2 aromatic rings. The van der Waals surface area contributed by atoms with Gasteiger partial charge in [-0.3, -0.25) is 0 Å². The van der Waals surface area contributed by atoms with E-state index in [0.717, 1.165) is 7.11 Å². The van der Waals surface area contributed by atoms with E-state index in [9.17, 15) is 21.6 Å². The van der Waals surface area contributed by atoms with E-state index in [1.165, 1.54) is 12.1 Å².